The molecular formula is C12H24. The van der Waals surface area contributed by atoms with Crippen LogP contribution in [0.1, 0.15) is 53.4 Å². The van der Waals surface area contributed by atoms with Gasteiger partial charge in [0.1, 0.15) is 0 Å². The first kappa shape index (κ1) is 10.1. The van der Waals surface area contributed by atoms with E-state index in [1.807, 2.05) is 0 Å². The zero-order valence-corrected chi connectivity index (χ0v) is 9.14. The van der Waals surface area contributed by atoms with Crippen LogP contribution in [0, 0.1) is 23.7 Å². The van der Waals surface area contributed by atoms with Gasteiger partial charge in [-0.3, -0.25) is 0 Å². The van der Waals surface area contributed by atoms with E-state index in [-0.39, 0.29) is 0 Å². The largest absolute Gasteiger partial charge is 0.0625 e. The lowest BCUT2D eigenvalue weighted by molar-refractivity contribution is 0.136. The Kier molecular flexibility index (Phi) is 3.61. The molecule has 0 spiro atoms. The highest BCUT2D eigenvalue weighted by Crippen LogP contribution is 2.38. The third kappa shape index (κ3) is 2.24. The molecule has 0 bridgehead atoms. The van der Waals surface area contributed by atoms with E-state index >= 15 is 0 Å². The van der Waals surface area contributed by atoms with Gasteiger partial charge in [0.05, 0.1) is 0 Å². The van der Waals surface area contributed by atoms with E-state index < -0.39 is 0 Å². The van der Waals surface area contributed by atoms with Crippen molar-refractivity contribution in [1.82, 2.24) is 0 Å². The van der Waals surface area contributed by atoms with E-state index in [1.54, 1.807) is 0 Å². The summed E-state index contributed by atoms with van der Waals surface area (Å²) in [5.74, 6) is 3.83. The SMILES string of the molecule is CC(C)[C@H]1CCCC[C@@H]1C(C)C. The molecule has 0 heteroatoms. The molecule has 0 saturated heterocycles. The van der Waals surface area contributed by atoms with Crippen LogP contribution in [0.15, 0.2) is 0 Å². The molecule has 0 unspecified atom stereocenters. The Bertz CT molecular complexity index is 108. The first-order valence-electron chi connectivity index (χ1n) is 5.63. The van der Waals surface area contributed by atoms with E-state index in [9.17, 15) is 0 Å². The Morgan fingerprint density at radius 1 is 0.750 bits per heavy atom. The molecule has 1 fully saturated rings. The van der Waals surface area contributed by atoms with Crippen LogP contribution < -0.4 is 0 Å². The monoisotopic (exact) mass is 168 g/mol. The van der Waals surface area contributed by atoms with Gasteiger partial charge < -0.3 is 0 Å². The maximum absolute atomic E-state index is 2.39. The van der Waals surface area contributed by atoms with E-state index in [0.717, 1.165) is 23.7 Å². The molecule has 1 rings (SSSR count). The Morgan fingerprint density at radius 2 is 1.08 bits per heavy atom. The van der Waals surface area contributed by atoms with E-state index in [2.05, 4.69) is 27.7 Å². The van der Waals surface area contributed by atoms with Crippen molar-refractivity contribution in [2.45, 2.75) is 53.4 Å². The summed E-state index contributed by atoms with van der Waals surface area (Å²) in [6.07, 6.45) is 5.93. The molecule has 1 saturated carbocycles. The van der Waals surface area contributed by atoms with Gasteiger partial charge in [0.2, 0.25) is 0 Å². The fraction of sp³-hybridized carbons (Fsp3) is 1.00. The van der Waals surface area contributed by atoms with E-state index in [4.69, 9.17) is 0 Å². The highest BCUT2D eigenvalue weighted by Gasteiger charge is 2.29. The number of hydrogen-bond acceptors (Lipinski definition) is 0. The maximum atomic E-state index is 2.39. The van der Waals surface area contributed by atoms with Gasteiger partial charge >= 0.3 is 0 Å². The molecule has 0 aromatic heterocycles. The lowest BCUT2D eigenvalue weighted by Gasteiger charge is -2.37. The molecule has 0 N–H and O–H groups in total. The van der Waals surface area contributed by atoms with Gasteiger partial charge in [0, 0.05) is 0 Å². The van der Waals surface area contributed by atoms with Gasteiger partial charge in [-0.2, -0.15) is 0 Å². The normalized spacial score (nSPS) is 31.5. The molecule has 0 aromatic rings. The predicted octanol–water partition coefficient (Wildman–Crippen LogP) is 4.10. The molecule has 0 amide bonds. The molecule has 1 aliphatic rings. The van der Waals surface area contributed by atoms with Crippen molar-refractivity contribution >= 4 is 0 Å². The first-order valence-corrected chi connectivity index (χ1v) is 5.63. The van der Waals surface area contributed by atoms with Crippen LogP contribution in [-0.4, -0.2) is 0 Å². The summed E-state index contributed by atoms with van der Waals surface area (Å²) in [4.78, 5) is 0. The van der Waals surface area contributed by atoms with Crippen molar-refractivity contribution in [1.29, 1.82) is 0 Å². The first-order chi connectivity index (χ1) is 5.63. The van der Waals surface area contributed by atoms with Gasteiger partial charge in [-0.1, -0.05) is 40.5 Å². The number of hydrogen-bond donors (Lipinski definition) is 0. The highest BCUT2D eigenvalue weighted by molar-refractivity contribution is 4.79. The molecule has 1 aliphatic carbocycles. The van der Waals surface area contributed by atoms with Crippen molar-refractivity contribution < 1.29 is 0 Å². The Hall–Kier alpha value is 0. The van der Waals surface area contributed by atoms with Gasteiger partial charge in [-0.05, 0) is 36.5 Å². The summed E-state index contributed by atoms with van der Waals surface area (Å²) >= 11 is 0. The summed E-state index contributed by atoms with van der Waals surface area (Å²) in [6.45, 7) is 9.58. The average Bonchev–Trinajstić information content (AvgIpc) is 2.04. The average molecular weight is 168 g/mol. The summed E-state index contributed by atoms with van der Waals surface area (Å²) < 4.78 is 0. The molecule has 0 aliphatic heterocycles. The van der Waals surface area contributed by atoms with Crippen molar-refractivity contribution in [3.63, 3.8) is 0 Å². The lowest BCUT2D eigenvalue weighted by atomic mass is 9.69. The topological polar surface area (TPSA) is 0 Å². The van der Waals surface area contributed by atoms with Crippen LogP contribution in [0.4, 0.5) is 0 Å². The Morgan fingerprint density at radius 3 is 1.33 bits per heavy atom. The minimum atomic E-state index is 0.901. The molecule has 0 aromatic carbocycles. The van der Waals surface area contributed by atoms with Crippen LogP contribution in [0.5, 0.6) is 0 Å². The fourth-order valence-electron chi connectivity index (χ4n) is 2.84. The minimum absolute atomic E-state index is 0.901. The Balaban J connectivity index is 2.54. The molecule has 0 radical (unpaired) electrons. The highest BCUT2D eigenvalue weighted by atomic mass is 14.3. The molecule has 2 atom stereocenters. The third-order valence-corrected chi connectivity index (χ3v) is 3.59. The Labute approximate surface area is 77.7 Å². The zero-order valence-electron chi connectivity index (χ0n) is 9.14. The second-order valence-electron chi connectivity index (χ2n) is 5.10. The van der Waals surface area contributed by atoms with Gasteiger partial charge in [0.25, 0.3) is 0 Å². The van der Waals surface area contributed by atoms with Crippen LogP contribution >= 0.6 is 0 Å². The molecule has 12 heavy (non-hydrogen) atoms. The summed E-state index contributed by atoms with van der Waals surface area (Å²) in [6, 6.07) is 0. The molecule has 0 nitrogen and oxygen atoms in total. The maximum Gasteiger partial charge on any atom is -0.0360 e. The van der Waals surface area contributed by atoms with Crippen LogP contribution in [0.3, 0.4) is 0 Å². The molecule has 0 heterocycles. The van der Waals surface area contributed by atoms with Crippen LogP contribution in [0.25, 0.3) is 0 Å². The van der Waals surface area contributed by atoms with Crippen molar-refractivity contribution in [2.24, 2.45) is 23.7 Å². The minimum Gasteiger partial charge on any atom is -0.0625 e. The van der Waals surface area contributed by atoms with Gasteiger partial charge in [0.15, 0.2) is 0 Å². The zero-order chi connectivity index (χ0) is 9.14. The summed E-state index contributed by atoms with van der Waals surface area (Å²) in [5.41, 5.74) is 0. The van der Waals surface area contributed by atoms with Crippen LogP contribution in [0.2, 0.25) is 0 Å². The summed E-state index contributed by atoms with van der Waals surface area (Å²) in [5, 5.41) is 0. The van der Waals surface area contributed by atoms with Crippen LogP contribution in [-0.2, 0) is 0 Å². The van der Waals surface area contributed by atoms with Crippen molar-refractivity contribution in [2.75, 3.05) is 0 Å². The fourth-order valence-corrected chi connectivity index (χ4v) is 2.84. The third-order valence-electron chi connectivity index (χ3n) is 3.59. The molecule has 72 valence electrons. The van der Waals surface area contributed by atoms with Gasteiger partial charge in [-0.25, -0.2) is 0 Å². The predicted molar refractivity (Wildman–Crippen MR) is 55.1 cm³/mol. The standard InChI is InChI=1S/C12H24/c1-9(2)11-7-5-6-8-12(11)10(3)4/h9-12H,5-8H2,1-4H3/t11-,12-/m1/s1. The summed E-state index contributed by atoms with van der Waals surface area (Å²) in [7, 11) is 0. The van der Waals surface area contributed by atoms with Crippen molar-refractivity contribution in [3.05, 3.63) is 0 Å². The second-order valence-corrected chi connectivity index (χ2v) is 5.10. The van der Waals surface area contributed by atoms with Crippen molar-refractivity contribution in [3.8, 4) is 0 Å². The molecular weight excluding hydrogens is 144 g/mol. The number of rotatable bonds is 2. The van der Waals surface area contributed by atoms with E-state index in [0.29, 0.717) is 0 Å². The second kappa shape index (κ2) is 4.30. The van der Waals surface area contributed by atoms with E-state index in [1.165, 1.54) is 25.7 Å². The lowest BCUT2D eigenvalue weighted by Crippen LogP contribution is -2.27. The smallest absolute Gasteiger partial charge is 0.0360 e. The quantitative estimate of drug-likeness (QED) is 0.582. The van der Waals surface area contributed by atoms with Gasteiger partial charge in [-0.15, -0.1) is 0 Å².